The van der Waals surface area contributed by atoms with E-state index in [4.69, 9.17) is 11.6 Å². The number of carbonyl (C=O) groups is 1. The zero-order valence-electron chi connectivity index (χ0n) is 14.6. The number of amides is 1. The third kappa shape index (κ3) is 2.88. The highest BCUT2D eigenvalue weighted by Crippen LogP contribution is 2.41. The minimum Gasteiger partial charge on any atom is -0.275 e. The molecule has 1 aliphatic heterocycles. The number of aromatic nitrogens is 3. The van der Waals surface area contributed by atoms with Gasteiger partial charge in [-0.2, -0.15) is 10.1 Å². The van der Waals surface area contributed by atoms with Crippen LogP contribution < -0.4 is 4.90 Å². The molecule has 0 saturated carbocycles. The average Bonchev–Trinajstić information content (AvgIpc) is 3.11. The minimum absolute atomic E-state index is 0.00771. The molecule has 2 heterocycles. The van der Waals surface area contributed by atoms with E-state index in [0.717, 1.165) is 17.5 Å². The van der Waals surface area contributed by atoms with Crippen LogP contribution in [0.1, 0.15) is 42.1 Å². The van der Waals surface area contributed by atoms with Gasteiger partial charge in [-0.15, -0.1) is 0 Å². The number of aryl methyl sites for hydroxylation is 1. The number of hydrogen-bond donors (Lipinski definition) is 0. The number of rotatable bonds is 2. The lowest BCUT2D eigenvalue weighted by Crippen LogP contribution is -2.41. The van der Waals surface area contributed by atoms with Crippen LogP contribution in [-0.2, 0) is 4.79 Å². The molecule has 1 aliphatic rings. The highest BCUT2D eigenvalue weighted by Gasteiger charge is 2.37. The van der Waals surface area contributed by atoms with Crippen LogP contribution >= 0.6 is 11.6 Å². The molecule has 0 unspecified atom stereocenters. The summed E-state index contributed by atoms with van der Waals surface area (Å²) >= 11 is 6.05. The summed E-state index contributed by atoms with van der Waals surface area (Å²) in [6.45, 7) is 3.63. The standard InChI is InChI=1S/C20H19ClN4O/c1-13-3-5-15(6-4-13)18-11-19(16-7-9-17(21)10-8-16)25-20(22-12-23-25)24(18)14(2)26/h3-10,12,18-19H,11H2,1-2H3/t18-,19+/m0/s1. The molecule has 1 aromatic heterocycles. The Hall–Kier alpha value is -2.66. The first-order valence-electron chi connectivity index (χ1n) is 8.56. The van der Waals surface area contributed by atoms with Crippen molar-refractivity contribution in [1.29, 1.82) is 0 Å². The first-order chi connectivity index (χ1) is 12.5. The second-order valence-corrected chi connectivity index (χ2v) is 7.06. The summed E-state index contributed by atoms with van der Waals surface area (Å²) in [6.07, 6.45) is 2.23. The van der Waals surface area contributed by atoms with Crippen molar-refractivity contribution in [2.24, 2.45) is 0 Å². The van der Waals surface area contributed by atoms with E-state index in [0.29, 0.717) is 11.0 Å². The fraction of sp³-hybridized carbons (Fsp3) is 0.250. The molecule has 0 bridgehead atoms. The number of fused-ring (bicyclic) bond motifs is 1. The summed E-state index contributed by atoms with van der Waals surface area (Å²) in [6, 6.07) is 16.0. The molecule has 2 atom stereocenters. The van der Waals surface area contributed by atoms with Crippen LogP contribution in [0.25, 0.3) is 0 Å². The topological polar surface area (TPSA) is 51.0 Å². The Balaban J connectivity index is 1.82. The van der Waals surface area contributed by atoms with Gasteiger partial charge in [-0.1, -0.05) is 53.6 Å². The fourth-order valence-corrected chi connectivity index (χ4v) is 3.71. The Morgan fingerprint density at radius 3 is 2.31 bits per heavy atom. The van der Waals surface area contributed by atoms with Gasteiger partial charge >= 0.3 is 0 Å². The number of nitrogens with zero attached hydrogens (tertiary/aromatic N) is 4. The predicted octanol–water partition coefficient (Wildman–Crippen LogP) is 4.33. The Bertz CT molecular complexity index is 933. The van der Waals surface area contributed by atoms with Gasteiger partial charge in [0.05, 0.1) is 12.1 Å². The SMILES string of the molecule is CC(=O)N1c2ncnn2[C@@H](c2ccc(Cl)cc2)C[C@H]1c1ccc(C)cc1. The van der Waals surface area contributed by atoms with Gasteiger partial charge in [0.1, 0.15) is 6.33 Å². The van der Waals surface area contributed by atoms with Gasteiger partial charge in [0, 0.05) is 11.9 Å². The first-order valence-corrected chi connectivity index (χ1v) is 8.93. The zero-order chi connectivity index (χ0) is 18.3. The summed E-state index contributed by atoms with van der Waals surface area (Å²) in [5.41, 5.74) is 3.39. The smallest absolute Gasteiger partial charge is 0.231 e. The summed E-state index contributed by atoms with van der Waals surface area (Å²) < 4.78 is 1.83. The molecule has 5 nitrogen and oxygen atoms in total. The van der Waals surface area contributed by atoms with Crippen LogP contribution in [-0.4, -0.2) is 20.7 Å². The van der Waals surface area contributed by atoms with Crippen molar-refractivity contribution < 1.29 is 4.79 Å². The van der Waals surface area contributed by atoms with Gasteiger partial charge in [-0.3, -0.25) is 9.69 Å². The highest BCUT2D eigenvalue weighted by molar-refractivity contribution is 6.30. The maximum Gasteiger partial charge on any atom is 0.231 e. The second kappa shape index (κ2) is 6.57. The van der Waals surface area contributed by atoms with Crippen LogP contribution in [0.3, 0.4) is 0 Å². The molecule has 0 spiro atoms. The fourth-order valence-electron chi connectivity index (χ4n) is 3.59. The lowest BCUT2D eigenvalue weighted by Gasteiger charge is -2.38. The maximum atomic E-state index is 12.4. The van der Waals surface area contributed by atoms with Crippen LogP contribution in [0.2, 0.25) is 5.02 Å². The maximum absolute atomic E-state index is 12.4. The van der Waals surface area contributed by atoms with Gasteiger partial charge in [0.25, 0.3) is 0 Å². The lowest BCUT2D eigenvalue weighted by molar-refractivity contribution is -0.117. The second-order valence-electron chi connectivity index (χ2n) is 6.62. The van der Waals surface area contributed by atoms with E-state index in [9.17, 15) is 4.79 Å². The third-order valence-corrected chi connectivity index (χ3v) is 5.13. The van der Waals surface area contributed by atoms with Crippen LogP contribution in [0.4, 0.5) is 5.95 Å². The van der Waals surface area contributed by atoms with Crippen molar-refractivity contribution >= 4 is 23.5 Å². The molecule has 0 aliphatic carbocycles. The molecule has 3 aromatic rings. The van der Waals surface area contributed by atoms with Crippen molar-refractivity contribution in [3.05, 3.63) is 76.6 Å². The number of carbonyl (C=O) groups excluding carboxylic acids is 1. The molecule has 0 N–H and O–H groups in total. The quantitative estimate of drug-likeness (QED) is 0.678. The zero-order valence-corrected chi connectivity index (χ0v) is 15.4. The molecule has 132 valence electrons. The van der Waals surface area contributed by atoms with Crippen LogP contribution in [0, 0.1) is 6.92 Å². The van der Waals surface area contributed by atoms with Gasteiger partial charge in [0.15, 0.2) is 0 Å². The van der Waals surface area contributed by atoms with Crippen molar-refractivity contribution in [2.75, 3.05) is 4.90 Å². The van der Waals surface area contributed by atoms with E-state index in [1.807, 2.05) is 28.9 Å². The molecule has 0 saturated heterocycles. The highest BCUT2D eigenvalue weighted by atomic mass is 35.5. The van der Waals surface area contributed by atoms with E-state index < -0.39 is 0 Å². The molecular weight excluding hydrogens is 348 g/mol. The largest absolute Gasteiger partial charge is 0.275 e. The number of hydrogen-bond acceptors (Lipinski definition) is 3. The molecule has 2 aromatic carbocycles. The number of benzene rings is 2. The van der Waals surface area contributed by atoms with Crippen molar-refractivity contribution in [1.82, 2.24) is 14.8 Å². The normalized spacial score (nSPS) is 19.3. The summed E-state index contributed by atoms with van der Waals surface area (Å²) in [5, 5.41) is 5.09. The van der Waals surface area contributed by atoms with Gasteiger partial charge < -0.3 is 0 Å². The minimum atomic E-state index is -0.0921. The Morgan fingerprint density at radius 2 is 1.65 bits per heavy atom. The summed E-state index contributed by atoms with van der Waals surface area (Å²) in [4.78, 5) is 18.5. The van der Waals surface area contributed by atoms with Crippen molar-refractivity contribution in [2.45, 2.75) is 32.4 Å². The molecule has 0 fully saturated rings. The van der Waals surface area contributed by atoms with E-state index in [1.54, 1.807) is 11.8 Å². The Kier molecular flexibility index (Phi) is 4.24. The summed E-state index contributed by atoms with van der Waals surface area (Å²) in [7, 11) is 0. The van der Waals surface area contributed by atoms with E-state index in [-0.39, 0.29) is 18.0 Å². The van der Waals surface area contributed by atoms with Gasteiger partial charge in [-0.05, 0) is 36.6 Å². The molecule has 26 heavy (non-hydrogen) atoms. The molecule has 0 radical (unpaired) electrons. The molecular formula is C20H19ClN4O. The third-order valence-electron chi connectivity index (χ3n) is 4.88. The number of anilines is 1. The van der Waals surface area contributed by atoms with Crippen LogP contribution in [0.15, 0.2) is 54.9 Å². The predicted molar refractivity (Wildman–Crippen MR) is 101 cm³/mol. The van der Waals surface area contributed by atoms with Crippen LogP contribution in [0.5, 0.6) is 0 Å². The molecule has 1 amide bonds. The summed E-state index contributed by atoms with van der Waals surface area (Å²) in [5.74, 6) is 0.536. The van der Waals surface area contributed by atoms with Gasteiger partial charge in [0.2, 0.25) is 11.9 Å². The van der Waals surface area contributed by atoms with E-state index >= 15 is 0 Å². The lowest BCUT2D eigenvalue weighted by atomic mass is 9.91. The van der Waals surface area contributed by atoms with Crippen molar-refractivity contribution in [3.63, 3.8) is 0 Å². The Morgan fingerprint density at radius 1 is 1.04 bits per heavy atom. The number of halogens is 1. The van der Waals surface area contributed by atoms with E-state index in [2.05, 4.69) is 41.3 Å². The first kappa shape index (κ1) is 16.8. The molecule has 6 heteroatoms. The van der Waals surface area contributed by atoms with Gasteiger partial charge in [-0.25, -0.2) is 4.68 Å². The Labute approximate surface area is 157 Å². The molecule has 4 rings (SSSR count). The van der Waals surface area contributed by atoms with E-state index in [1.165, 1.54) is 11.9 Å². The van der Waals surface area contributed by atoms with Crippen molar-refractivity contribution in [3.8, 4) is 0 Å². The monoisotopic (exact) mass is 366 g/mol. The average molecular weight is 367 g/mol.